The Morgan fingerprint density at radius 2 is 2.18 bits per heavy atom. The lowest BCUT2D eigenvalue weighted by atomic mass is 10.0. The predicted molar refractivity (Wildman–Crippen MR) is 72.0 cm³/mol. The van der Waals surface area contributed by atoms with Gasteiger partial charge in [0.15, 0.2) is 0 Å². The van der Waals surface area contributed by atoms with Gasteiger partial charge in [-0.3, -0.25) is 0 Å². The molecule has 1 aromatic carbocycles. The number of rotatable bonds is 2. The summed E-state index contributed by atoms with van der Waals surface area (Å²) >= 11 is 1.78. The molecule has 0 spiro atoms. The third-order valence-corrected chi connectivity index (χ3v) is 4.31. The van der Waals surface area contributed by atoms with Crippen molar-refractivity contribution in [3.63, 3.8) is 0 Å². The average Bonchev–Trinajstić information content (AvgIpc) is 2.82. The van der Waals surface area contributed by atoms with Crippen LogP contribution in [0.4, 0.5) is 0 Å². The summed E-state index contributed by atoms with van der Waals surface area (Å²) < 4.78 is 6.66. The highest BCUT2D eigenvalue weighted by Crippen LogP contribution is 2.33. The monoisotopic (exact) mass is 245 g/mol. The Morgan fingerprint density at radius 3 is 2.94 bits per heavy atom. The molecular formula is C14H15NOS. The van der Waals surface area contributed by atoms with E-state index < -0.39 is 0 Å². The maximum atomic E-state index is 6.30. The van der Waals surface area contributed by atoms with Gasteiger partial charge in [-0.2, -0.15) is 0 Å². The molecule has 1 atom stereocenters. The van der Waals surface area contributed by atoms with Crippen LogP contribution in [0, 0.1) is 0 Å². The van der Waals surface area contributed by atoms with Gasteiger partial charge in [0.2, 0.25) is 0 Å². The van der Waals surface area contributed by atoms with E-state index in [2.05, 4.69) is 30.3 Å². The van der Waals surface area contributed by atoms with E-state index in [0.29, 0.717) is 0 Å². The minimum Gasteiger partial charge on any atom is -0.501 e. The predicted octanol–water partition coefficient (Wildman–Crippen LogP) is 3.60. The van der Waals surface area contributed by atoms with Crippen molar-refractivity contribution in [2.45, 2.75) is 18.9 Å². The van der Waals surface area contributed by atoms with Crippen molar-refractivity contribution in [2.75, 3.05) is 6.61 Å². The van der Waals surface area contributed by atoms with Crippen molar-refractivity contribution in [1.82, 2.24) is 0 Å². The Kier molecular flexibility index (Phi) is 2.87. The molecule has 0 saturated heterocycles. The smallest absolute Gasteiger partial charge is 0.0876 e. The number of thiophene rings is 1. The van der Waals surface area contributed by atoms with Crippen LogP contribution in [0.2, 0.25) is 0 Å². The Hall–Kier alpha value is -1.32. The molecule has 0 bridgehead atoms. The standard InChI is InChI=1S/C14H15NOS/c15-14(11-5-3-7-16-9-11)13-8-10-4-1-2-6-12(10)17-13/h1-2,4,6,8-9,14H,3,5,7,15H2. The first-order chi connectivity index (χ1) is 8.34. The Morgan fingerprint density at radius 1 is 1.29 bits per heavy atom. The van der Waals surface area contributed by atoms with Crippen LogP contribution >= 0.6 is 11.3 Å². The fraction of sp³-hybridized carbons (Fsp3) is 0.286. The van der Waals surface area contributed by atoms with Crippen LogP contribution in [0.15, 0.2) is 42.2 Å². The zero-order valence-corrected chi connectivity index (χ0v) is 10.4. The zero-order chi connectivity index (χ0) is 11.7. The van der Waals surface area contributed by atoms with Crippen LogP contribution in [-0.4, -0.2) is 6.61 Å². The summed E-state index contributed by atoms with van der Waals surface area (Å²) in [4.78, 5) is 1.22. The van der Waals surface area contributed by atoms with Crippen molar-refractivity contribution in [3.8, 4) is 0 Å². The van der Waals surface area contributed by atoms with Gasteiger partial charge < -0.3 is 10.5 Å². The van der Waals surface area contributed by atoms with Crippen molar-refractivity contribution in [2.24, 2.45) is 5.73 Å². The molecule has 0 aliphatic carbocycles. The van der Waals surface area contributed by atoms with Gasteiger partial charge in [-0.05, 0) is 35.9 Å². The Labute approximate surface area is 105 Å². The quantitative estimate of drug-likeness (QED) is 0.877. The van der Waals surface area contributed by atoms with Gasteiger partial charge in [0.25, 0.3) is 0 Å². The lowest BCUT2D eigenvalue weighted by Crippen LogP contribution is -2.15. The molecular weight excluding hydrogens is 230 g/mol. The second kappa shape index (κ2) is 4.51. The fourth-order valence-corrected chi connectivity index (χ4v) is 3.26. The maximum Gasteiger partial charge on any atom is 0.0876 e. The molecule has 88 valence electrons. The largest absolute Gasteiger partial charge is 0.501 e. The summed E-state index contributed by atoms with van der Waals surface area (Å²) in [6, 6.07) is 10.6. The number of hydrogen-bond donors (Lipinski definition) is 1. The van der Waals surface area contributed by atoms with E-state index >= 15 is 0 Å². The van der Waals surface area contributed by atoms with Gasteiger partial charge in [-0.1, -0.05) is 18.2 Å². The maximum absolute atomic E-state index is 6.30. The fourth-order valence-electron chi connectivity index (χ4n) is 2.15. The first-order valence-corrected chi connectivity index (χ1v) is 6.71. The Balaban J connectivity index is 1.94. The molecule has 2 heterocycles. The minimum absolute atomic E-state index is 0.00676. The molecule has 0 saturated carbocycles. The van der Waals surface area contributed by atoms with E-state index in [-0.39, 0.29) is 6.04 Å². The van der Waals surface area contributed by atoms with Gasteiger partial charge in [-0.15, -0.1) is 11.3 Å². The summed E-state index contributed by atoms with van der Waals surface area (Å²) in [6.07, 6.45) is 3.97. The normalized spacial score (nSPS) is 17.6. The molecule has 2 N–H and O–H groups in total. The van der Waals surface area contributed by atoms with Crippen molar-refractivity contribution >= 4 is 21.4 Å². The Bertz CT molecular complexity index is 525. The van der Waals surface area contributed by atoms with Gasteiger partial charge >= 0.3 is 0 Å². The van der Waals surface area contributed by atoms with Crippen LogP contribution in [0.1, 0.15) is 23.8 Å². The van der Waals surface area contributed by atoms with Crippen LogP contribution in [0.5, 0.6) is 0 Å². The molecule has 0 radical (unpaired) electrons. The average molecular weight is 245 g/mol. The van der Waals surface area contributed by atoms with E-state index in [1.807, 2.05) is 6.26 Å². The SMILES string of the molecule is NC(C1=COCCC1)c1cc2ccccc2s1. The van der Waals surface area contributed by atoms with E-state index in [1.54, 1.807) is 11.3 Å². The molecule has 0 amide bonds. The minimum atomic E-state index is -0.00676. The van der Waals surface area contributed by atoms with Crippen LogP contribution < -0.4 is 5.73 Å². The lowest BCUT2D eigenvalue weighted by Gasteiger charge is -2.18. The van der Waals surface area contributed by atoms with Crippen LogP contribution in [-0.2, 0) is 4.74 Å². The number of nitrogens with two attached hydrogens (primary N) is 1. The lowest BCUT2D eigenvalue weighted by molar-refractivity contribution is 0.221. The highest BCUT2D eigenvalue weighted by atomic mass is 32.1. The van der Waals surface area contributed by atoms with Gasteiger partial charge in [-0.25, -0.2) is 0 Å². The molecule has 2 nitrogen and oxygen atoms in total. The van der Waals surface area contributed by atoms with Crippen molar-refractivity contribution < 1.29 is 4.74 Å². The highest BCUT2D eigenvalue weighted by Gasteiger charge is 2.17. The summed E-state index contributed by atoms with van der Waals surface area (Å²) in [5.41, 5.74) is 7.51. The molecule has 3 heteroatoms. The van der Waals surface area contributed by atoms with Gasteiger partial charge in [0, 0.05) is 9.58 Å². The third kappa shape index (κ3) is 2.08. The van der Waals surface area contributed by atoms with Gasteiger partial charge in [0.05, 0.1) is 18.9 Å². The van der Waals surface area contributed by atoms with Crippen molar-refractivity contribution in [1.29, 1.82) is 0 Å². The number of ether oxygens (including phenoxy) is 1. The third-order valence-electron chi connectivity index (χ3n) is 3.11. The van der Waals surface area contributed by atoms with Crippen LogP contribution in [0.25, 0.3) is 10.1 Å². The first-order valence-electron chi connectivity index (χ1n) is 5.89. The number of fused-ring (bicyclic) bond motifs is 1. The molecule has 3 rings (SSSR count). The zero-order valence-electron chi connectivity index (χ0n) is 9.56. The molecule has 2 aromatic rings. The second-order valence-corrected chi connectivity index (χ2v) is 5.45. The van der Waals surface area contributed by atoms with Crippen molar-refractivity contribution in [3.05, 3.63) is 47.0 Å². The van der Waals surface area contributed by atoms with Crippen LogP contribution in [0.3, 0.4) is 0 Å². The number of hydrogen-bond acceptors (Lipinski definition) is 3. The van der Waals surface area contributed by atoms with E-state index in [0.717, 1.165) is 19.4 Å². The molecule has 1 aliphatic heterocycles. The topological polar surface area (TPSA) is 35.2 Å². The first kappa shape index (κ1) is 10.8. The summed E-state index contributed by atoms with van der Waals surface area (Å²) in [7, 11) is 0. The summed E-state index contributed by atoms with van der Waals surface area (Å²) in [5.74, 6) is 0. The summed E-state index contributed by atoms with van der Waals surface area (Å²) in [5, 5.41) is 1.28. The van der Waals surface area contributed by atoms with E-state index in [4.69, 9.17) is 10.5 Å². The van der Waals surface area contributed by atoms with Gasteiger partial charge in [0.1, 0.15) is 0 Å². The summed E-state index contributed by atoms with van der Waals surface area (Å²) in [6.45, 7) is 0.822. The number of benzene rings is 1. The molecule has 0 fully saturated rings. The van der Waals surface area contributed by atoms with E-state index in [9.17, 15) is 0 Å². The molecule has 1 aromatic heterocycles. The molecule has 1 aliphatic rings. The second-order valence-electron chi connectivity index (χ2n) is 4.33. The highest BCUT2D eigenvalue weighted by molar-refractivity contribution is 7.19. The van der Waals surface area contributed by atoms with E-state index in [1.165, 1.54) is 20.5 Å². The molecule has 1 unspecified atom stereocenters. The molecule has 17 heavy (non-hydrogen) atoms.